The molecule has 1 aliphatic heterocycles. The highest BCUT2D eigenvalue weighted by Gasteiger charge is 2.47. The summed E-state index contributed by atoms with van der Waals surface area (Å²) in [7, 11) is 0. The van der Waals surface area contributed by atoms with E-state index in [0.29, 0.717) is 0 Å². The maximum Gasteiger partial charge on any atom is 0.454 e. The molecule has 1 saturated heterocycles. The fourth-order valence-electron chi connectivity index (χ4n) is 3.47. The van der Waals surface area contributed by atoms with Crippen molar-refractivity contribution in [2.75, 3.05) is 6.54 Å². The Bertz CT molecular complexity index is 964. The second-order valence-corrected chi connectivity index (χ2v) is 7.01. The number of fused-ring (bicyclic) bond motifs is 1. The highest BCUT2D eigenvalue weighted by atomic mass is 19.4. The van der Waals surface area contributed by atoms with Crippen LogP contribution in [-0.2, 0) is 16.1 Å². The van der Waals surface area contributed by atoms with Gasteiger partial charge in [-0.05, 0) is 13.0 Å². The fraction of sp³-hybridized carbons (Fsp3) is 0.389. The quantitative estimate of drug-likeness (QED) is 0.632. The third kappa shape index (κ3) is 3.58. The number of ketones is 1. The van der Waals surface area contributed by atoms with Crippen LogP contribution in [0.2, 0.25) is 0 Å². The zero-order valence-electron chi connectivity index (χ0n) is 14.7. The number of carboxylic acids is 1. The van der Waals surface area contributed by atoms with Crippen molar-refractivity contribution in [1.29, 1.82) is 0 Å². The van der Waals surface area contributed by atoms with E-state index in [4.69, 9.17) is 0 Å². The van der Waals surface area contributed by atoms with E-state index in [0.717, 1.165) is 15.7 Å². The number of benzene rings is 1. The predicted octanol–water partition coefficient (Wildman–Crippen LogP) is 2.80. The van der Waals surface area contributed by atoms with Gasteiger partial charge in [0.15, 0.2) is 0 Å². The number of amides is 1. The lowest BCUT2D eigenvalue weighted by molar-refractivity contribution is -0.148. The van der Waals surface area contributed by atoms with Gasteiger partial charge in [-0.3, -0.25) is 9.59 Å². The summed E-state index contributed by atoms with van der Waals surface area (Å²) >= 11 is 0. The van der Waals surface area contributed by atoms with Gasteiger partial charge in [0, 0.05) is 23.5 Å². The van der Waals surface area contributed by atoms with E-state index in [2.05, 4.69) is 0 Å². The van der Waals surface area contributed by atoms with Crippen LogP contribution in [0.1, 0.15) is 23.7 Å². The zero-order valence-corrected chi connectivity index (χ0v) is 14.7. The third-order valence-corrected chi connectivity index (χ3v) is 4.70. The van der Waals surface area contributed by atoms with Crippen molar-refractivity contribution < 1.29 is 37.1 Å². The first-order chi connectivity index (χ1) is 12.9. The van der Waals surface area contributed by atoms with Crippen molar-refractivity contribution in [3.05, 3.63) is 36.0 Å². The maximum absolute atomic E-state index is 14.2. The number of likely N-dealkylation sites (tertiary alicyclic amines) is 1. The number of carboxylic acid groups (broad SMARTS) is 1. The van der Waals surface area contributed by atoms with Crippen molar-refractivity contribution >= 4 is 28.6 Å². The van der Waals surface area contributed by atoms with Crippen molar-refractivity contribution in [2.24, 2.45) is 0 Å². The smallest absolute Gasteiger partial charge is 0.454 e. The first kappa shape index (κ1) is 19.8. The first-order valence-corrected chi connectivity index (χ1v) is 8.31. The van der Waals surface area contributed by atoms with Gasteiger partial charge >= 0.3 is 12.1 Å². The summed E-state index contributed by atoms with van der Waals surface area (Å²) in [4.78, 5) is 36.5. The SMILES string of the molecule is C[C@@]1(F)C[C@@H](C(=O)O)N(C(=O)Cn2cc(C(=O)C(F)(F)F)c3ccccc32)C1. The summed E-state index contributed by atoms with van der Waals surface area (Å²) < 4.78 is 54.0. The molecule has 0 unspecified atom stereocenters. The van der Waals surface area contributed by atoms with Gasteiger partial charge in [-0.1, -0.05) is 18.2 Å². The lowest BCUT2D eigenvalue weighted by Crippen LogP contribution is -2.42. The van der Waals surface area contributed by atoms with E-state index >= 15 is 0 Å². The molecule has 6 nitrogen and oxygen atoms in total. The largest absolute Gasteiger partial charge is 0.480 e. The number of Topliss-reactive ketones (excluding diaryl/α,β-unsaturated/α-hetero) is 1. The van der Waals surface area contributed by atoms with Crippen LogP contribution in [0.25, 0.3) is 10.9 Å². The number of para-hydroxylation sites is 1. The third-order valence-electron chi connectivity index (χ3n) is 4.70. The van der Waals surface area contributed by atoms with Crippen molar-refractivity contribution in [2.45, 2.75) is 37.8 Å². The van der Waals surface area contributed by atoms with Crippen molar-refractivity contribution in [3.8, 4) is 0 Å². The number of aromatic nitrogens is 1. The maximum atomic E-state index is 14.2. The molecule has 1 fully saturated rings. The standard InChI is InChI=1S/C18H16F4N2O4/c1-17(19)6-13(16(27)28)24(9-17)14(25)8-23-7-11(15(26)18(20,21)22)10-4-2-3-5-12(10)23/h2-5,7,13H,6,8-9H2,1H3,(H,27,28)/t13-,17+/m0/s1. The van der Waals surface area contributed by atoms with Crippen LogP contribution in [0, 0.1) is 0 Å². The highest BCUT2D eigenvalue weighted by Crippen LogP contribution is 2.32. The lowest BCUT2D eigenvalue weighted by Gasteiger charge is -2.22. The molecule has 0 radical (unpaired) electrons. The van der Waals surface area contributed by atoms with Crippen molar-refractivity contribution in [3.63, 3.8) is 0 Å². The minimum absolute atomic E-state index is 0.0177. The second-order valence-electron chi connectivity index (χ2n) is 7.01. The molecular weight excluding hydrogens is 384 g/mol. The van der Waals surface area contributed by atoms with E-state index in [-0.39, 0.29) is 17.3 Å². The molecule has 2 aromatic rings. The number of alkyl halides is 4. The number of halogens is 4. The van der Waals surface area contributed by atoms with Crippen LogP contribution in [-0.4, -0.2) is 56.7 Å². The number of nitrogens with zero attached hydrogens (tertiary/aromatic N) is 2. The molecule has 1 aromatic heterocycles. The number of carbonyl (C=O) groups excluding carboxylic acids is 2. The number of aliphatic carboxylic acids is 1. The number of hydrogen-bond donors (Lipinski definition) is 1. The summed E-state index contributed by atoms with van der Waals surface area (Å²) in [5, 5.41) is 9.25. The second kappa shape index (κ2) is 6.61. The number of rotatable bonds is 4. The monoisotopic (exact) mass is 400 g/mol. The Hall–Kier alpha value is -2.91. The molecule has 1 amide bonds. The van der Waals surface area contributed by atoms with E-state index < -0.39 is 54.2 Å². The van der Waals surface area contributed by atoms with Crippen LogP contribution < -0.4 is 0 Å². The predicted molar refractivity (Wildman–Crippen MR) is 89.6 cm³/mol. The Morgan fingerprint density at radius 2 is 1.89 bits per heavy atom. The average Bonchev–Trinajstić information content (AvgIpc) is 3.11. The molecule has 1 aliphatic rings. The molecule has 1 N–H and O–H groups in total. The van der Waals surface area contributed by atoms with Gasteiger partial charge in [-0.2, -0.15) is 13.2 Å². The Morgan fingerprint density at radius 3 is 2.50 bits per heavy atom. The molecule has 0 bridgehead atoms. The minimum atomic E-state index is -5.08. The van der Waals surface area contributed by atoms with Gasteiger partial charge < -0.3 is 14.6 Å². The van der Waals surface area contributed by atoms with Gasteiger partial charge in [-0.15, -0.1) is 0 Å². The number of hydrogen-bond acceptors (Lipinski definition) is 3. The molecular formula is C18H16F4N2O4. The van der Waals surface area contributed by atoms with E-state index in [1.54, 1.807) is 0 Å². The van der Waals surface area contributed by atoms with Gasteiger partial charge in [0.05, 0.1) is 12.1 Å². The van der Waals surface area contributed by atoms with Gasteiger partial charge in [0.25, 0.3) is 5.78 Å². The van der Waals surface area contributed by atoms with Gasteiger partial charge in [0.1, 0.15) is 18.3 Å². The highest BCUT2D eigenvalue weighted by molar-refractivity contribution is 6.10. The Labute approximate surface area is 156 Å². The molecule has 2 atom stereocenters. The Morgan fingerprint density at radius 1 is 1.25 bits per heavy atom. The average molecular weight is 400 g/mol. The normalized spacial score (nSPS) is 22.6. The summed E-state index contributed by atoms with van der Waals surface area (Å²) in [6.07, 6.45) is -4.55. The van der Waals surface area contributed by atoms with Crippen LogP contribution in [0.15, 0.2) is 30.5 Å². The molecule has 1 aromatic carbocycles. The van der Waals surface area contributed by atoms with Crippen LogP contribution in [0.4, 0.5) is 17.6 Å². The summed E-state index contributed by atoms with van der Waals surface area (Å²) in [5.74, 6) is -4.17. The minimum Gasteiger partial charge on any atom is -0.480 e. The summed E-state index contributed by atoms with van der Waals surface area (Å²) in [6, 6.07) is 4.38. The molecule has 10 heteroatoms. The molecule has 2 heterocycles. The molecule has 0 aliphatic carbocycles. The summed E-state index contributed by atoms with van der Waals surface area (Å²) in [5.41, 5.74) is -2.28. The zero-order chi connectivity index (χ0) is 20.9. The van der Waals surface area contributed by atoms with Gasteiger partial charge in [0.2, 0.25) is 5.91 Å². The Kier molecular flexibility index (Phi) is 4.68. The van der Waals surface area contributed by atoms with E-state index in [9.17, 15) is 37.1 Å². The van der Waals surface area contributed by atoms with Crippen LogP contribution >= 0.6 is 0 Å². The summed E-state index contributed by atoms with van der Waals surface area (Å²) in [6.45, 7) is 0.225. The molecule has 28 heavy (non-hydrogen) atoms. The van der Waals surface area contributed by atoms with Gasteiger partial charge in [-0.25, -0.2) is 9.18 Å². The topological polar surface area (TPSA) is 79.6 Å². The van der Waals surface area contributed by atoms with E-state index in [1.165, 1.54) is 31.2 Å². The fourth-order valence-corrected chi connectivity index (χ4v) is 3.47. The van der Waals surface area contributed by atoms with Crippen LogP contribution in [0.5, 0.6) is 0 Å². The van der Waals surface area contributed by atoms with E-state index in [1.807, 2.05) is 0 Å². The lowest BCUT2D eigenvalue weighted by atomic mass is 10.1. The molecule has 150 valence electrons. The Balaban J connectivity index is 1.96. The molecule has 0 spiro atoms. The van der Waals surface area contributed by atoms with Crippen LogP contribution in [0.3, 0.4) is 0 Å². The number of carbonyl (C=O) groups is 3. The first-order valence-electron chi connectivity index (χ1n) is 8.31. The van der Waals surface area contributed by atoms with Crippen molar-refractivity contribution in [1.82, 2.24) is 9.47 Å². The molecule has 3 rings (SSSR count). The molecule has 0 saturated carbocycles.